The van der Waals surface area contributed by atoms with Crippen molar-refractivity contribution >= 4 is 0 Å². The molecule has 1 aromatic carbocycles. The first-order valence-electron chi connectivity index (χ1n) is 7.53. The van der Waals surface area contributed by atoms with Crippen LogP contribution < -0.4 is 5.32 Å². The normalized spacial score (nSPS) is 14.6. The summed E-state index contributed by atoms with van der Waals surface area (Å²) >= 11 is 0. The smallest absolute Gasteiger partial charge is 0.312 e. The van der Waals surface area contributed by atoms with Crippen LogP contribution in [0.15, 0.2) is 42.7 Å². The molecule has 4 rings (SSSR count). The number of hydrogen-bond acceptors (Lipinski definition) is 3. The van der Waals surface area contributed by atoms with Crippen molar-refractivity contribution in [2.24, 2.45) is 0 Å². The SMILES string of the molecule is FC(F)(F)c1nn(-c2nccn2-c2ccccc2)c2c1CNCC2. The van der Waals surface area contributed by atoms with Gasteiger partial charge in [-0.25, -0.2) is 9.67 Å². The highest BCUT2D eigenvalue weighted by Gasteiger charge is 2.40. The number of imidazole rings is 1. The van der Waals surface area contributed by atoms with E-state index in [1.54, 1.807) is 17.0 Å². The molecule has 1 N–H and O–H groups in total. The van der Waals surface area contributed by atoms with Gasteiger partial charge in [0.15, 0.2) is 5.69 Å². The van der Waals surface area contributed by atoms with E-state index < -0.39 is 11.9 Å². The molecule has 0 bridgehead atoms. The van der Waals surface area contributed by atoms with E-state index in [4.69, 9.17) is 0 Å². The fraction of sp³-hybridized carbons (Fsp3) is 0.250. The standard InChI is InChI=1S/C16H14F3N5/c17-16(18,19)14-12-10-20-7-6-13(12)24(22-14)15-21-8-9-23(15)11-4-2-1-3-5-11/h1-5,8-9,20H,6-7,10H2. The molecule has 1 aliphatic heterocycles. The molecule has 0 fully saturated rings. The number of nitrogens with zero attached hydrogens (tertiary/aromatic N) is 4. The fourth-order valence-corrected chi connectivity index (χ4v) is 2.98. The predicted octanol–water partition coefficient (Wildman–Crippen LogP) is 2.72. The van der Waals surface area contributed by atoms with Crippen molar-refractivity contribution in [3.05, 3.63) is 59.7 Å². The third-order valence-electron chi connectivity index (χ3n) is 4.04. The van der Waals surface area contributed by atoms with Crippen molar-refractivity contribution in [2.45, 2.75) is 19.1 Å². The monoisotopic (exact) mass is 333 g/mol. The lowest BCUT2D eigenvalue weighted by atomic mass is 10.1. The molecule has 5 nitrogen and oxygen atoms in total. The number of rotatable bonds is 2. The molecule has 3 aromatic rings. The van der Waals surface area contributed by atoms with Crippen molar-refractivity contribution in [3.8, 4) is 11.6 Å². The van der Waals surface area contributed by atoms with Crippen LogP contribution in [0.1, 0.15) is 17.0 Å². The van der Waals surface area contributed by atoms with Gasteiger partial charge in [-0.2, -0.15) is 18.3 Å². The van der Waals surface area contributed by atoms with Crippen LogP contribution in [-0.4, -0.2) is 25.9 Å². The lowest BCUT2D eigenvalue weighted by Crippen LogP contribution is -2.26. The molecule has 0 aliphatic carbocycles. The molecule has 0 saturated heterocycles. The summed E-state index contributed by atoms with van der Waals surface area (Å²) in [5.74, 6) is 0.356. The molecule has 0 saturated carbocycles. The Labute approximate surface area is 135 Å². The predicted molar refractivity (Wildman–Crippen MR) is 81.1 cm³/mol. The van der Waals surface area contributed by atoms with Crippen LogP contribution in [0, 0.1) is 0 Å². The number of alkyl halides is 3. The lowest BCUT2D eigenvalue weighted by molar-refractivity contribution is -0.142. The van der Waals surface area contributed by atoms with E-state index in [0.29, 0.717) is 24.6 Å². The molecule has 1 aliphatic rings. The molecule has 2 aromatic heterocycles. The molecule has 0 atom stereocenters. The number of aromatic nitrogens is 4. The van der Waals surface area contributed by atoms with Gasteiger partial charge < -0.3 is 5.32 Å². The zero-order valence-corrected chi connectivity index (χ0v) is 12.6. The summed E-state index contributed by atoms with van der Waals surface area (Å²) in [5.41, 5.74) is 0.741. The topological polar surface area (TPSA) is 47.7 Å². The number of nitrogens with one attached hydrogen (secondary N) is 1. The Morgan fingerprint density at radius 3 is 2.67 bits per heavy atom. The number of benzene rings is 1. The number of halogens is 3. The molecule has 124 valence electrons. The van der Waals surface area contributed by atoms with E-state index in [1.807, 2.05) is 30.3 Å². The van der Waals surface area contributed by atoms with Crippen LogP contribution in [0.25, 0.3) is 11.6 Å². The fourth-order valence-electron chi connectivity index (χ4n) is 2.98. The number of para-hydroxylation sites is 1. The van der Waals surface area contributed by atoms with Crippen LogP contribution in [0.4, 0.5) is 13.2 Å². The highest BCUT2D eigenvalue weighted by atomic mass is 19.4. The molecule has 0 radical (unpaired) electrons. The molecule has 0 amide bonds. The third kappa shape index (κ3) is 2.39. The Morgan fingerprint density at radius 1 is 1.12 bits per heavy atom. The molecule has 0 spiro atoms. The number of fused-ring (bicyclic) bond motifs is 1. The van der Waals surface area contributed by atoms with Gasteiger partial charge in [0.05, 0.1) is 5.69 Å². The van der Waals surface area contributed by atoms with Gasteiger partial charge in [-0.05, 0) is 12.1 Å². The van der Waals surface area contributed by atoms with E-state index in [-0.39, 0.29) is 12.1 Å². The minimum absolute atomic E-state index is 0.163. The second kappa shape index (κ2) is 5.48. The summed E-state index contributed by atoms with van der Waals surface area (Å²) in [6.07, 6.45) is -0.740. The average molecular weight is 333 g/mol. The molecule has 24 heavy (non-hydrogen) atoms. The van der Waals surface area contributed by atoms with Crippen molar-refractivity contribution in [1.29, 1.82) is 0 Å². The highest BCUT2D eigenvalue weighted by Crippen LogP contribution is 2.34. The first-order valence-corrected chi connectivity index (χ1v) is 7.53. The zero-order chi connectivity index (χ0) is 16.7. The first kappa shape index (κ1) is 14.9. The average Bonchev–Trinajstić information content (AvgIpc) is 3.19. The quantitative estimate of drug-likeness (QED) is 0.784. The van der Waals surface area contributed by atoms with Crippen LogP contribution in [-0.2, 0) is 19.1 Å². The summed E-state index contributed by atoms with van der Waals surface area (Å²) in [6.45, 7) is 0.776. The summed E-state index contributed by atoms with van der Waals surface area (Å²) < 4.78 is 43.0. The van der Waals surface area contributed by atoms with Crippen LogP contribution in [0.3, 0.4) is 0 Å². The van der Waals surface area contributed by atoms with Gasteiger partial charge in [0.2, 0.25) is 5.95 Å². The van der Waals surface area contributed by atoms with Gasteiger partial charge in [-0.15, -0.1) is 0 Å². The molecule has 8 heteroatoms. The molecular weight excluding hydrogens is 319 g/mol. The van der Waals surface area contributed by atoms with Gasteiger partial charge in [-0.3, -0.25) is 4.57 Å². The third-order valence-corrected chi connectivity index (χ3v) is 4.04. The van der Waals surface area contributed by atoms with Crippen molar-refractivity contribution in [3.63, 3.8) is 0 Å². The molecule has 0 unspecified atom stereocenters. The minimum Gasteiger partial charge on any atom is -0.312 e. The zero-order valence-electron chi connectivity index (χ0n) is 12.6. The van der Waals surface area contributed by atoms with Crippen molar-refractivity contribution in [2.75, 3.05) is 6.54 Å². The largest absolute Gasteiger partial charge is 0.435 e. The maximum Gasteiger partial charge on any atom is 0.435 e. The van der Waals surface area contributed by atoms with Crippen LogP contribution >= 0.6 is 0 Å². The van der Waals surface area contributed by atoms with Crippen molar-refractivity contribution in [1.82, 2.24) is 24.6 Å². The Hall–Kier alpha value is -2.61. The van der Waals surface area contributed by atoms with Gasteiger partial charge in [0.25, 0.3) is 0 Å². The summed E-state index contributed by atoms with van der Waals surface area (Å²) in [5, 5.41) is 6.84. The lowest BCUT2D eigenvalue weighted by Gasteiger charge is -2.16. The summed E-state index contributed by atoms with van der Waals surface area (Å²) in [4.78, 5) is 4.24. The first-order chi connectivity index (χ1) is 11.6. The summed E-state index contributed by atoms with van der Waals surface area (Å²) in [7, 11) is 0. The van der Waals surface area contributed by atoms with Crippen LogP contribution in [0.5, 0.6) is 0 Å². The van der Waals surface area contributed by atoms with E-state index in [9.17, 15) is 13.2 Å². The Balaban J connectivity index is 1.90. The van der Waals surface area contributed by atoms with E-state index in [2.05, 4.69) is 15.4 Å². The van der Waals surface area contributed by atoms with E-state index >= 15 is 0 Å². The molecule has 3 heterocycles. The Bertz CT molecular complexity index is 864. The van der Waals surface area contributed by atoms with Crippen molar-refractivity contribution < 1.29 is 13.2 Å². The highest BCUT2D eigenvalue weighted by molar-refractivity contribution is 5.40. The Morgan fingerprint density at radius 2 is 1.92 bits per heavy atom. The van der Waals surface area contributed by atoms with E-state index in [1.165, 1.54) is 4.68 Å². The summed E-state index contributed by atoms with van der Waals surface area (Å²) in [6, 6.07) is 9.34. The van der Waals surface area contributed by atoms with Gasteiger partial charge >= 0.3 is 6.18 Å². The minimum atomic E-state index is -4.49. The van der Waals surface area contributed by atoms with Gasteiger partial charge in [-0.1, -0.05) is 18.2 Å². The Kier molecular flexibility index (Phi) is 3.42. The van der Waals surface area contributed by atoms with Gasteiger partial charge in [0, 0.05) is 43.2 Å². The second-order valence-electron chi connectivity index (χ2n) is 5.54. The maximum absolute atomic E-state index is 13.3. The van der Waals surface area contributed by atoms with Crippen LogP contribution in [0.2, 0.25) is 0 Å². The van der Waals surface area contributed by atoms with Gasteiger partial charge in [0.1, 0.15) is 0 Å². The maximum atomic E-state index is 13.3. The molecular formula is C16H14F3N5. The second-order valence-corrected chi connectivity index (χ2v) is 5.54. The number of hydrogen-bond donors (Lipinski definition) is 1. The van der Waals surface area contributed by atoms with E-state index in [0.717, 1.165) is 5.69 Å².